The number of likely N-dealkylation sites (N-methyl/N-ethyl adjacent to an activating group) is 1. The lowest BCUT2D eigenvalue weighted by Crippen LogP contribution is -2.57. The summed E-state index contributed by atoms with van der Waals surface area (Å²) in [5.74, 6) is 0.908. The molecular weight excluding hydrogens is 236 g/mol. The minimum atomic E-state index is 0.0413. The predicted octanol–water partition coefficient (Wildman–Crippen LogP) is 2.44. The van der Waals surface area contributed by atoms with Gasteiger partial charge in [-0.05, 0) is 50.9 Å². The lowest BCUT2D eigenvalue weighted by molar-refractivity contribution is 0.0500. The quantitative estimate of drug-likeness (QED) is 0.856. The molecule has 1 saturated carbocycles. The molecule has 1 aromatic carbocycles. The predicted molar refractivity (Wildman–Crippen MR) is 79.6 cm³/mol. The summed E-state index contributed by atoms with van der Waals surface area (Å²) in [5, 5.41) is 0. The Kier molecular flexibility index (Phi) is 4.48. The van der Waals surface area contributed by atoms with Gasteiger partial charge in [0.05, 0.1) is 7.11 Å². The van der Waals surface area contributed by atoms with Crippen molar-refractivity contribution in [3.8, 4) is 5.75 Å². The maximum atomic E-state index is 6.06. The van der Waals surface area contributed by atoms with Crippen molar-refractivity contribution < 1.29 is 4.74 Å². The largest absolute Gasteiger partial charge is 0.497 e. The third-order valence-corrected chi connectivity index (χ3v) is 4.66. The number of hydrogen-bond acceptors (Lipinski definition) is 3. The van der Waals surface area contributed by atoms with E-state index in [9.17, 15) is 0 Å². The Labute approximate surface area is 116 Å². The van der Waals surface area contributed by atoms with Crippen LogP contribution >= 0.6 is 0 Å². The first-order chi connectivity index (χ1) is 9.09. The molecule has 0 aromatic heterocycles. The molecule has 0 heterocycles. The van der Waals surface area contributed by atoms with Crippen LogP contribution in [0, 0.1) is 0 Å². The highest BCUT2D eigenvalue weighted by atomic mass is 16.5. The molecule has 3 heteroatoms. The molecule has 0 radical (unpaired) electrons. The minimum Gasteiger partial charge on any atom is -0.497 e. The molecule has 0 saturated heterocycles. The van der Waals surface area contributed by atoms with Crippen LogP contribution in [0.2, 0.25) is 0 Å². The molecular formula is C16H26N2O. The van der Waals surface area contributed by atoms with E-state index < -0.39 is 0 Å². The second-order valence-corrected chi connectivity index (χ2v) is 5.92. The molecule has 0 bridgehead atoms. The van der Waals surface area contributed by atoms with E-state index in [1.807, 2.05) is 12.1 Å². The third kappa shape index (κ3) is 3.10. The van der Waals surface area contributed by atoms with E-state index in [1.54, 1.807) is 7.11 Å². The minimum absolute atomic E-state index is 0.0413. The SMILES string of the molecule is COc1ccc(CC(C)(CN)N(C)C2CCC2)cc1. The van der Waals surface area contributed by atoms with Gasteiger partial charge in [-0.1, -0.05) is 18.6 Å². The van der Waals surface area contributed by atoms with Crippen molar-refractivity contribution in [1.82, 2.24) is 4.90 Å². The Bertz CT molecular complexity index is 400. The van der Waals surface area contributed by atoms with E-state index in [0.29, 0.717) is 12.6 Å². The molecule has 0 spiro atoms. The van der Waals surface area contributed by atoms with Gasteiger partial charge in [0.2, 0.25) is 0 Å². The average molecular weight is 262 g/mol. The maximum absolute atomic E-state index is 6.06. The third-order valence-electron chi connectivity index (χ3n) is 4.66. The van der Waals surface area contributed by atoms with Gasteiger partial charge in [-0.15, -0.1) is 0 Å². The fourth-order valence-electron chi connectivity index (χ4n) is 2.74. The number of nitrogens with zero attached hydrogens (tertiary/aromatic N) is 1. The topological polar surface area (TPSA) is 38.5 Å². The Morgan fingerprint density at radius 1 is 1.32 bits per heavy atom. The molecule has 1 unspecified atom stereocenters. The van der Waals surface area contributed by atoms with Crippen LogP contribution in [0.25, 0.3) is 0 Å². The van der Waals surface area contributed by atoms with Crippen molar-refractivity contribution in [3.63, 3.8) is 0 Å². The van der Waals surface area contributed by atoms with E-state index in [1.165, 1.54) is 24.8 Å². The van der Waals surface area contributed by atoms with Crippen LogP contribution in [-0.2, 0) is 6.42 Å². The zero-order valence-electron chi connectivity index (χ0n) is 12.4. The first kappa shape index (κ1) is 14.4. The molecule has 19 heavy (non-hydrogen) atoms. The monoisotopic (exact) mass is 262 g/mol. The number of methoxy groups -OCH3 is 1. The van der Waals surface area contributed by atoms with E-state index in [-0.39, 0.29) is 5.54 Å². The van der Waals surface area contributed by atoms with Crippen molar-refractivity contribution in [2.45, 2.75) is 44.2 Å². The van der Waals surface area contributed by atoms with Crippen LogP contribution < -0.4 is 10.5 Å². The molecule has 1 aliphatic carbocycles. The molecule has 2 N–H and O–H groups in total. The van der Waals surface area contributed by atoms with Gasteiger partial charge < -0.3 is 10.5 Å². The fourth-order valence-corrected chi connectivity index (χ4v) is 2.74. The second kappa shape index (κ2) is 5.93. The van der Waals surface area contributed by atoms with E-state index in [2.05, 4.69) is 31.0 Å². The molecule has 0 aliphatic heterocycles. The van der Waals surface area contributed by atoms with Gasteiger partial charge in [0, 0.05) is 18.1 Å². The van der Waals surface area contributed by atoms with Crippen molar-refractivity contribution in [2.75, 3.05) is 20.7 Å². The van der Waals surface area contributed by atoms with Gasteiger partial charge >= 0.3 is 0 Å². The fraction of sp³-hybridized carbons (Fsp3) is 0.625. The van der Waals surface area contributed by atoms with Gasteiger partial charge in [-0.2, -0.15) is 0 Å². The number of hydrogen-bond donors (Lipinski definition) is 1. The number of rotatable bonds is 6. The zero-order chi connectivity index (χ0) is 13.9. The van der Waals surface area contributed by atoms with E-state index >= 15 is 0 Å². The van der Waals surface area contributed by atoms with Crippen LogP contribution in [-0.4, -0.2) is 37.2 Å². The number of benzene rings is 1. The molecule has 1 atom stereocenters. The van der Waals surface area contributed by atoms with Crippen LogP contribution in [0.3, 0.4) is 0 Å². The van der Waals surface area contributed by atoms with Crippen LogP contribution in [0.1, 0.15) is 31.7 Å². The summed E-state index contributed by atoms with van der Waals surface area (Å²) in [6.07, 6.45) is 4.97. The van der Waals surface area contributed by atoms with Gasteiger partial charge in [-0.25, -0.2) is 0 Å². The molecule has 2 rings (SSSR count). The van der Waals surface area contributed by atoms with Crippen molar-refractivity contribution in [1.29, 1.82) is 0 Å². The molecule has 106 valence electrons. The second-order valence-electron chi connectivity index (χ2n) is 5.92. The Morgan fingerprint density at radius 3 is 2.37 bits per heavy atom. The molecule has 3 nitrogen and oxygen atoms in total. The summed E-state index contributed by atoms with van der Waals surface area (Å²) < 4.78 is 5.20. The Morgan fingerprint density at radius 2 is 1.95 bits per heavy atom. The van der Waals surface area contributed by atoms with Crippen molar-refractivity contribution >= 4 is 0 Å². The average Bonchev–Trinajstić information content (AvgIpc) is 2.37. The number of nitrogens with two attached hydrogens (primary N) is 1. The summed E-state index contributed by atoms with van der Waals surface area (Å²) in [4.78, 5) is 2.49. The van der Waals surface area contributed by atoms with Gasteiger partial charge in [0.15, 0.2) is 0 Å². The summed E-state index contributed by atoms with van der Waals surface area (Å²) in [6, 6.07) is 9.04. The van der Waals surface area contributed by atoms with Gasteiger partial charge in [-0.3, -0.25) is 4.90 Å². The summed E-state index contributed by atoms with van der Waals surface area (Å²) in [7, 11) is 3.92. The maximum Gasteiger partial charge on any atom is 0.118 e. The first-order valence-corrected chi connectivity index (χ1v) is 7.15. The summed E-state index contributed by atoms with van der Waals surface area (Å²) >= 11 is 0. The van der Waals surface area contributed by atoms with E-state index in [4.69, 9.17) is 10.5 Å². The van der Waals surface area contributed by atoms with Crippen LogP contribution in [0.15, 0.2) is 24.3 Å². The van der Waals surface area contributed by atoms with Crippen molar-refractivity contribution in [3.05, 3.63) is 29.8 Å². The highest BCUT2D eigenvalue weighted by Gasteiger charge is 2.35. The number of ether oxygens (including phenoxy) is 1. The van der Waals surface area contributed by atoms with Crippen molar-refractivity contribution in [2.24, 2.45) is 5.73 Å². The zero-order valence-corrected chi connectivity index (χ0v) is 12.4. The summed E-state index contributed by atoms with van der Waals surface area (Å²) in [5.41, 5.74) is 7.42. The highest BCUT2D eigenvalue weighted by Crippen LogP contribution is 2.31. The molecule has 1 aliphatic rings. The van der Waals surface area contributed by atoms with Crippen LogP contribution in [0.5, 0.6) is 5.75 Å². The smallest absolute Gasteiger partial charge is 0.118 e. The first-order valence-electron chi connectivity index (χ1n) is 7.15. The molecule has 1 fully saturated rings. The standard InChI is InChI=1S/C16H26N2O/c1-16(12-17,18(2)14-5-4-6-14)11-13-7-9-15(19-3)10-8-13/h7-10,14H,4-6,11-12,17H2,1-3H3. The van der Waals surface area contributed by atoms with E-state index in [0.717, 1.165) is 12.2 Å². The lowest BCUT2D eigenvalue weighted by Gasteiger charge is -2.46. The van der Waals surface area contributed by atoms with Gasteiger partial charge in [0.25, 0.3) is 0 Å². The Balaban J connectivity index is 2.07. The molecule has 0 amide bonds. The van der Waals surface area contributed by atoms with Crippen LogP contribution in [0.4, 0.5) is 0 Å². The summed E-state index contributed by atoms with van der Waals surface area (Å²) in [6.45, 7) is 2.96. The molecule has 1 aromatic rings. The van der Waals surface area contributed by atoms with Gasteiger partial charge in [0.1, 0.15) is 5.75 Å². The lowest BCUT2D eigenvalue weighted by atomic mass is 9.84. The Hall–Kier alpha value is -1.06. The highest BCUT2D eigenvalue weighted by molar-refractivity contribution is 5.28. The normalized spacial score (nSPS) is 19.0.